The maximum absolute atomic E-state index is 12.9. The zero-order valence-corrected chi connectivity index (χ0v) is 13.9. The van der Waals surface area contributed by atoms with Crippen molar-refractivity contribution in [2.24, 2.45) is 5.16 Å². The maximum Gasteiger partial charge on any atom is 0.269 e. The van der Waals surface area contributed by atoms with Gasteiger partial charge in [0.1, 0.15) is 5.75 Å². The standard InChI is InChI=1S/C18H24N2O3/c1-18(17(21)20-11-5-3-4-6-12-20)13-16(19-23-18)14-7-9-15(22-2)10-8-14/h7-10H,3-6,11-13H2,1-2H3. The molecule has 0 radical (unpaired) electrons. The molecule has 0 spiro atoms. The molecule has 124 valence electrons. The van der Waals surface area contributed by atoms with Crippen LogP contribution in [0.3, 0.4) is 0 Å². The number of hydrogen-bond acceptors (Lipinski definition) is 4. The summed E-state index contributed by atoms with van der Waals surface area (Å²) < 4.78 is 5.17. The average molecular weight is 316 g/mol. The second kappa shape index (κ2) is 6.60. The molecule has 1 fully saturated rings. The number of rotatable bonds is 3. The fourth-order valence-corrected chi connectivity index (χ4v) is 3.20. The van der Waals surface area contributed by atoms with Gasteiger partial charge >= 0.3 is 0 Å². The van der Waals surface area contributed by atoms with Gasteiger partial charge in [-0.1, -0.05) is 18.0 Å². The second-order valence-corrected chi connectivity index (χ2v) is 6.47. The van der Waals surface area contributed by atoms with Gasteiger partial charge in [0.25, 0.3) is 5.91 Å². The summed E-state index contributed by atoms with van der Waals surface area (Å²) in [6, 6.07) is 7.68. The van der Waals surface area contributed by atoms with Gasteiger partial charge in [0.15, 0.2) is 0 Å². The smallest absolute Gasteiger partial charge is 0.269 e. The molecule has 1 amide bonds. The van der Waals surface area contributed by atoms with Crippen molar-refractivity contribution < 1.29 is 14.4 Å². The molecule has 3 rings (SSSR count). The van der Waals surface area contributed by atoms with Crippen LogP contribution in [-0.2, 0) is 9.63 Å². The van der Waals surface area contributed by atoms with Crippen molar-refractivity contribution in [3.05, 3.63) is 29.8 Å². The molecule has 1 unspecified atom stereocenters. The molecule has 1 atom stereocenters. The van der Waals surface area contributed by atoms with Crippen LogP contribution in [0.2, 0.25) is 0 Å². The van der Waals surface area contributed by atoms with Crippen LogP contribution in [0.1, 0.15) is 44.6 Å². The van der Waals surface area contributed by atoms with Crippen molar-refractivity contribution in [1.29, 1.82) is 0 Å². The zero-order valence-electron chi connectivity index (χ0n) is 13.9. The van der Waals surface area contributed by atoms with Crippen molar-refractivity contribution in [2.45, 2.75) is 44.6 Å². The van der Waals surface area contributed by atoms with Crippen molar-refractivity contribution in [3.63, 3.8) is 0 Å². The van der Waals surface area contributed by atoms with Crippen LogP contribution in [-0.4, -0.2) is 42.3 Å². The van der Waals surface area contributed by atoms with E-state index >= 15 is 0 Å². The van der Waals surface area contributed by atoms with Gasteiger partial charge < -0.3 is 14.5 Å². The van der Waals surface area contributed by atoms with E-state index in [4.69, 9.17) is 9.57 Å². The molecular weight excluding hydrogens is 292 g/mol. The molecule has 23 heavy (non-hydrogen) atoms. The number of ether oxygens (including phenoxy) is 1. The van der Waals surface area contributed by atoms with E-state index in [9.17, 15) is 4.79 Å². The Morgan fingerprint density at radius 2 is 1.83 bits per heavy atom. The Labute approximate surface area is 137 Å². The summed E-state index contributed by atoms with van der Waals surface area (Å²) in [5.74, 6) is 0.864. The second-order valence-electron chi connectivity index (χ2n) is 6.47. The van der Waals surface area contributed by atoms with E-state index in [-0.39, 0.29) is 5.91 Å². The Morgan fingerprint density at radius 3 is 2.43 bits per heavy atom. The minimum absolute atomic E-state index is 0.0617. The molecule has 0 bridgehead atoms. The molecule has 2 heterocycles. The molecule has 1 aromatic carbocycles. The molecule has 1 saturated heterocycles. The predicted octanol–water partition coefficient (Wildman–Crippen LogP) is 2.98. The highest BCUT2D eigenvalue weighted by molar-refractivity contribution is 6.05. The Kier molecular flexibility index (Phi) is 4.55. The van der Waals surface area contributed by atoms with Crippen LogP contribution in [0, 0.1) is 0 Å². The number of oxime groups is 1. The molecule has 0 aromatic heterocycles. The lowest BCUT2D eigenvalue weighted by molar-refractivity contribution is -0.153. The van der Waals surface area contributed by atoms with Crippen molar-refractivity contribution in [2.75, 3.05) is 20.2 Å². The van der Waals surface area contributed by atoms with Crippen LogP contribution in [0.4, 0.5) is 0 Å². The molecule has 2 aliphatic heterocycles. The summed E-state index contributed by atoms with van der Waals surface area (Å²) in [5.41, 5.74) is 0.913. The van der Waals surface area contributed by atoms with E-state index < -0.39 is 5.60 Å². The summed E-state index contributed by atoms with van der Waals surface area (Å²) in [5, 5.41) is 4.18. The molecule has 0 saturated carbocycles. The number of nitrogens with zero attached hydrogens (tertiary/aromatic N) is 2. The normalized spacial score (nSPS) is 24.6. The summed E-state index contributed by atoms with van der Waals surface area (Å²) in [4.78, 5) is 20.4. The Bertz CT molecular complexity index is 589. The van der Waals surface area contributed by atoms with Crippen LogP contribution in [0.15, 0.2) is 29.4 Å². The zero-order chi connectivity index (χ0) is 16.3. The largest absolute Gasteiger partial charge is 0.497 e. The van der Waals surface area contributed by atoms with Crippen molar-refractivity contribution in [1.82, 2.24) is 4.90 Å². The topological polar surface area (TPSA) is 51.1 Å². The highest BCUT2D eigenvalue weighted by Crippen LogP contribution is 2.30. The van der Waals surface area contributed by atoms with Gasteiger partial charge in [-0.2, -0.15) is 0 Å². The van der Waals surface area contributed by atoms with Gasteiger partial charge in [0.2, 0.25) is 5.60 Å². The van der Waals surface area contributed by atoms with Gasteiger partial charge in [0, 0.05) is 19.5 Å². The number of carbonyl (C=O) groups excluding carboxylic acids is 1. The third-order valence-corrected chi connectivity index (χ3v) is 4.63. The lowest BCUT2D eigenvalue weighted by Gasteiger charge is -2.29. The van der Waals surface area contributed by atoms with Gasteiger partial charge in [-0.05, 0) is 49.6 Å². The average Bonchev–Trinajstić information content (AvgIpc) is 2.81. The SMILES string of the molecule is COc1ccc(C2=NOC(C)(C(=O)N3CCCCCC3)C2)cc1. The first-order valence-electron chi connectivity index (χ1n) is 8.31. The van der Waals surface area contributed by atoms with Gasteiger partial charge in [-0.25, -0.2) is 0 Å². The first-order valence-corrected chi connectivity index (χ1v) is 8.31. The predicted molar refractivity (Wildman–Crippen MR) is 88.7 cm³/mol. The molecule has 1 aromatic rings. The lowest BCUT2D eigenvalue weighted by Crippen LogP contribution is -2.47. The molecule has 0 N–H and O–H groups in total. The summed E-state index contributed by atoms with van der Waals surface area (Å²) in [6.45, 7) is 3.51. The lowest BCUT2D eigenvalue weighted by atomic mass is 9.94. The third kappa shape index (κ3) is 3.33. The maximum atomic E-state index is 12.9. The van der Waals surface area contributed by atoms with Crippen LogP contribution in [0.25, 0.3) is 0 Å². The van der Waals surface area contributed by atoms with Crippen molar-refractivity contribution >= 4 is 11.6 Å². The fraction of sp³-hybridized carbons (Fsp3) is 0.556. The molecule has 5 nitrogen and oxygen atoms in total. The van der Waals surface area contributed by atoms with E-state index in [2.05, 4.69) is 5.16 Å². The minimum Gasteiger partial charge on any atom is -0.497 e. The highest BCUT2D eigenvalue weighted by atomic mass is 16.7. The number of carbonyl (C=O) groups is 1. The summed E-state index contributed by atoms with van der Waals surface area (Å²) >= 11 is 0. The van der Waals surface area contributed by atoms with Crippen LogP contribution < -0.4 is 4.74 Å². The van der Waals surface area contributed by atoms with Gasteiger partial charge in [-0.15, -0.1) is 0 Å². The number of methoxy groups -OCH3 is 1. The number of amides is 1. The van der Waals surface area contributed by atoms with Crippen molar-refractivity contribution in [3.8, 4) is 5.75 Å². The molecule has 5 heteroatoms. The molecule has 2 aliphatic rings. The van der Waals surface area contributed by atoms with Crippen LogP contribution >= 0.6 is 0 Å². The highest BCUT2D eigenvalue weighted by Gasteiger charge is 2.44. The Balaban J connectivity index is 1.69. The van der Waals surface area contributed by atoms with E-state index in [1.54, 1.807) is 7.11 Å². The Hall–Kier alpha value is -2.04. The quantitative estimate of drug-likeness (QED) is 0.861. The van der Waals surface area contributed by atoms with E-state index in [0.29, 0.717) is 6.42 Å². The van der Waals surface area contributed by atoms with E-state index in [0.717, 1.165) is 43.0 Å². The first kappa shape index (κ1) is 15.8. The molecular formula is C18H24N2O3. The van der Waals surface area contributed by atoms with E-state index in [1.807, 2.05) is 36.1 Å². The number of hydrogen-bond donors (Lipinski definition) is 0. The van der Waals surface area contributed by atoms with Gasteiger partial charge in [0.05, 0.1) is 12.8 Å². The summed E-state index contributed by atoms with van der Waals surface area (Å²) in [6.07, 6.45) is 5.07. The number of likely N-dealkylation sites (tertiary alicyclic amines) is 1. The Morgan fingerprint density at radius 1 is 1.17 bits per heavy atom. The van der Waals surface area contributed by atoms with Gasteiger partial charge in [-0.3, -0.25) is 4.79 Å². The first-order chi connectivity index (χ1) is 11.1. The summed E-state index contributed by atoms with van der Waals surface area (Å²) in [7, 11) is 1.64. The van der Waals surface area contributed by atoms with Crippen LogP contribution in [0.5, 0.6) is 5.75 Å². The fourth-order valence-electron chi connectivity index (χ4n) is 3.20. The number of benzene rings is 1. The minimum atomic E-state index is -0.875. The third-order valence-electron chi connectivity index (χ3n) is 4.63. The molecule has 0 aliphatic carbocycles. The monoisotopic (exact) mass is 316 g/mol. The van der Waals surface area contributed by atoms with E-state index in [1.165, 1.54) is 12.8 Å².